The Kier molecular flexibility index (Phi) is 4.40. The molecule has 0 saturated carbocycles. The summed E-state index contributed by atoms with van der Waals surface area (Å²) >= 11 is 8.85. The van der Waals surface area contributed by atoms with Crippen molar-refractivity contribution in [3.63, 3.8) is 0 Å². The topological polar surface area (TPSA) is 83.5 Å². The predicted molar refractivity (Wildman–Crippen MR) is 68.8 cm³/mol. The second-order valence-corrected chi connectivity index (χ2v) is 6.54. The number of carboxylic acids is 1. The van der Waals surface area contributed by atoms with Gasteiger partial charge in [0.1, 0.15) is 0 Å². The molecule has 8 heteroatoms. The summed E-state index contributed by atoms with van der Waals surface area (Å²) in [6.07, 6.45) is 0. The van der Waals surface area contributed by atoms with E-state index in [0.717, 1.165) is 6.92 Å². The standard InChI is InChI=1S/C9H9BrClNO4S/c1-5(9(13)14)17(15,16)12-8-4-6(11)2-3-7(8)10/h2-5,12H,1H3,(H,13,14). The van der Waals surface area contributed by atoms with Gasteiger partial charge in [-0.15, -0.1) is 0 Å². The molecule has 0 bridgehead atoms. The third kappa shape index (κ3) is 3.58. The first-order valence-electron chi connectivity index (χ1n) is 4.43. The zero-order chi connectivity index (χ0) is 13.2. The molecule has 94 valence electrons. The summed E-state index contributed by atoms with van der Waals surface area (Å²) in [5, 5.41) is 7.46. The minimum absolute atomic E-state index is 0.200. The Hall–Kier alpha value is -0.790. The average Bonchev–Trinajstić information content (AvgIpc) is 2.21. The van der Waals surface area contributed by atoms with Crippen LogP contribution >= 0.6 is 27.5 Å². The molecule has 0 saturated heterocycles. The number of aliphatic carboxylic acids is 1. The van der Waals surface area contributed by atoms with Gasteiger partial charge in [0.15, 0.2) is 5.25 Å². The van der Waals surface area contributed by atoms with E-state index in [1.54, 1.807) is 12.1 Å². The van der Waals surface area contributed by atoms with E-state index in [1.807, 2.05) is 0 Å². The van der Waals surface area contributed by atoms with Crippen molar-refractivity contribution in [2.45, 2.75) is 12.2 Å². The maximum atomic E-state index is 11.6. The maximum absolute atomic E-state index is 11.6. The molecule has 0 aliphatic heterocycles. The normalized spacial score (nSPS) is 13.1. The van der Waals surface area contributed by atoms with Crippen molar-refractivity contribution in [1.82, 2.24) is 0 Å². The Labute approximate surface area is 112 Å². The highest BCUT2D eigenvalue weighted by atomic mass is 79.9. The molecule has 0 amide bonds. The Morgan fingerprint density at radius 1 is 1.53 bits per heavy atom. The molecule has 1 unspecified atom stereocenters. The van der Waals surface area contributed by atoms with Gasteiger partial charge in [-0.1, -0.05) is 11.6 Å². The number of rotatable bonds is 4. The minimum atomic E-state index is -3.99. The van der Waals surface area contributed by atoms with Crippen LogP contribution in [0.2, 0.25) is 5.02 Å². The number of carbonyl (C=O) groups is 1. The lowest BCUT2D eigenvalue weighted by Gasteiger charge is -2.12. The molecular formula is C9H9BrClNO4S. The van der Waals surface area contributed by atoms with Crippen LogP contribution in [0.4, 0.5) is 5.69 Å². The first-order valence-corrected chi connectivity index (χ1v) is 7.15. The zero-order valence-electron chi connectivity index (χ0n) is 8.65. The van der Waals surface area contributed by atoms with E-state index in [1.165, 1.54) is 6.07 Å². The molecule has 0 spiro atoms. The summed E-state index contributed by atoms with van der Waals surface area (Å²) in [6.45, 7) is 1.09. The van der Waals surface area contributed by atoms with E-state index < -0.39 is 21.2 Å². The summed E-state index contributed by atoms with van der Waals surface area (Å²) < 4.78 is 25.9. The number of hydrogen-bond acceptors (Lipinski definition) is 3. The molecule has 1 rings (SSSR count). The van der Waals surface area contributed by atoms with Gasteiger partial charge in [-0.05, 0) is 41.1 Å². The lowest BCUT2D eigenvalue weighted by atomic mass is 10.3. The average molecular weight is 343 g/mol. The number of carboxylic acid groups (broad SMARTS) is 1. The lowest BCUT2D eigenvalue weighted by molar-refractivity contribution is -0.136. The molecule has 5 nitrogen and oxygen atoms in total. The number of nitrogens with one attached hydrogen (secondary N) is 1. The van der Waals surface area contributed by atoms with Gasteiger partial charge in [0.25, 0.3) is 0 Å². The van der Waals surface area contributed by atoms with Crippen LogP contribution in [0.3, 0.4) is 0 Å². The van der Waals surface area contributed by atoms with Crippen molar-refractivity contribution in [3.8, 4) is 0 Å². The lowest BCUT2D eigenvalue weighted by Crippen LogP contribution is -2.32. The van der Waals surface area contributed by atoms with E-state index in [9.17, 15) is 13.2 Å². The van der Waals surface area contributed by atoms with E-state index in [4.69, 9.17) is 16.7 Å². The third-order valence-corrected chi connectivity index (χ3v) is 4.56. The largest absolute Gasteiger partial charge is 0.480 e. The highest BCUT2D eigenvalue weighted by molar-refractivity contribution is 9.10. The molecule has 0 aliphatic rings. The van der Waals surface area contributed by atoms with Crippen LogP contribution in [0.15, 0.2) is 22.7 Å². The van der Waals surface area contributed by atoms with Gasteiger partial charge in [-0.2, -0.15) is 0 Å². The van der Waals surface area contributed by atoms with Gasteiger partial charge < -0.3 is 5.11 Å². The fraction of sp³-hybridized carbons (Fsp3) is 0.222. The number of halogens is 2. The highest BCUT2D eigenvalue weighted by Gasteiger charge is 2.28. The third-order valence-electron chi connectivity index (χ3n) is 1.99. The van der Waals surface area contributed by atoms with Crippen molar-refractivity contribution < 1.29 is 18.3 Å². The Morgan fingerprint density at radius 3 is 2.65 bits per heavy atom. The van der Waals surface area contributed by atoms with E-state index in [2.05, 4.69) is 20.7 Å². The van der Waals surface area contributed by atoms with E-state index in [-0.39, 0.29) is 5.69 Å². The van der Waals surface area contributed by atoms with Crippen molar-refractivity contribution in [1.29, 1.82) is 0 Å². The fourth-order valence-corrected chi connectivity index (χ4v) is 2.52. The van der Waals surface area contributed by atoms with E-state index >= 15 is 0 Å². The summed E-state index contributed by atoms with van der Waals surface area (Å²) in [5.41, 5.74) is 0.200. The van der Waals surface area contributed by atoms with Crippen LogP contribution in [0.25, 0.3) is 0 Å². The van der Waals surface area contributed by atoms with Gasteiger partial charge in [-0.25, -0.2) is 8.42 Å². The molecule has 0 fully saturated rings. The van der Waals surface area contributed by atoms with Crippen LogP contribution in [0.5, 0.6) is 0 Å². The second kappa shape index (κ2) is 5.24. The number of hydrogen-bond donors (Lipinski definition) is 2. The molecule has 0 radical (unpaired) electrons. The summed E-state index contributed by atoms with van der Waals surface area (Å²) in [5.74, 6) is -1.42. The van der Waals surface area contributed by atoms with Crippen molar-refractivity contribution in [3.05, 3.63) is 27.7 Å². The first-order chi connectivity index (χ1) is 7.74. The van der Waals surface area contributed by atoms with Crippen LogP contribution in [-0.4, -0.2) is 24.7 Å². The molecule has 17 heavy (non-hydrogen) atoms. The van der Waals surface area contributed by atoms with Gasteiger partial charge in [0.2, 0.25) is 10.0 Å². The van der Waals surface area contributed by atoms with Gasteiger partial charge in [0.05, 0.1) is 5.69 Å². The van der Waals surface area contributed by atoms with Crippen LogP contribution in [0.1, 0.15) is 6.92 Å². The molecule has 0 heterocycles. The number of anilines is 1. The molecule has 0 aromatic heterocycles. The van der Waals surface area contributed by atoms with Crippen molar-refractivity contribution >= 4 is 49.2 Å². The Bertz CT molecular complexity index is 546. The summed E-state index contributed by atoms with van der Waals surface area (Å²) in [7, 11) is -3.99. The Morgan fingerprint density at radius 2 is 2.12 bits per heavy atom. The van der Waals surface area contributed by atoms with Crippen LogP contribution < -0.4 is 4.72 Å². The molecular weight excluding hydrogens is 334 g/mol. The van der Waals surface area contributed by atoms with E-state index in [0.29, 0.717) is 9.50 Å². The molecule has 1 aromatic carbocycles. The molecule has 1 atom stereocenters. The van der Waals surface area contributed by atoms with Gasteiger partial charge in [0, 0.05) is 9.50 Å². The number of sulfonamides is 1. The van der Waals surface area contributed by atoms with Crippen LogP contribution in [0, 0.1) is 0 Å². The van der Waals surface area contributed by atoms with Gasteiger partial charge >= 0.3 is 5.97 Å². The van der Waals surface area contributed by atoms with Crippen LogP contribution in [-0.2, 0) is 14.8 Å². The SMILES string of the molecule is CC(C(=O)O)S(=O)(=O)Nc1cc(Cl)ccc1Br. The zero-order valence-corrected chi connectivity index (χ0v) is 11.8. The van der Waals surface area contributed by atoms with Crippen molar-refractivity contribution in [2.24, 2.45) is 0 Å². The number of benzene rings is 1. The Balaban J connectivity index is 3.06. The fourth-order valence-electron chi connectivity index (χ4n) is 0.950. The summed E-state index contributed by atoms with van der Waals surface area (Å²) in [6, 6.07) is 4.52. The second-order valence-electron chi connectivity index (χ2n) is 3.25. The quantitative estimate of drug-likeness (QED) is 0.879. The maximum Gasteiger partial charge on any atom is 0.323 e. The van der Waals surface area contributed by atoms with Crippen molar-refractivity contribution in [2.75, 3.05) is 4.72 Å². The highest BCUT2D eigenvalue weighted by Crippen LogP contribution is 2.27. The first kappa shape index (κ1) is 14.3. The molecule has 2 N–H and O–H groups in total. The predicted octanol–water partition coefficient (Wildman–Crippen LogP) is 2.32. The monoisotopic (exact) mass is 341 g/mol. The summed E-state index contributed by atoms with van der Waals surface area (Å²) in [4.78, 5) is 10.6. The molecule has 0 aliphatic carbocycles. The minimum Gasteiger partial charge on any atom is -0.480 e. The smallest absolute Gasteiger partial charge is 0.323 e. The molecule has 1 aromatic rings. The van der Waals surface area contributed by atoms with Gasteiger partial charge in [-0.3, -0.25) is 9.52 Å².